The Hall–Kier alpha value is -1.72. The van der Waals surface area contributed by atoms with Crippen molar-refractivity contribution in [3.63, 3.8) is 0 Å². The molecule has 0 saturated carbocycles. The van der Waals surface area contributed by atoms with Gasteiger partial charge in [-0.3, -0.25) is 9.11 Å². The fourth-order valence-corrected chi connectivity index (χ4v) is 4.60. The van der Waals surface area contributed by atoms with Crippen molar-refractivity contribution in [3.8, 4) is 0 Å². The number of rotatable bonds is 4. The number of hydrogen-bond donors (Lipinski definition) is 5. The SMILES string of the molecule is Cc1ccc(/C=C/c2ccc(C)cc2S(N)(=O)(O)O)c(S(C)(=O)(O)O)c1. The number of aryl methyl sites for hydroxylation is 2. The average molecular weight is 402 g/mol. The molecule has 26 heavy (non-hydrogen) atoms. The third-order valence-electron chi connectivity index (χ3n) is 3.70. The Balaban J connectivity index is 2.65. The summed E-state index contributed by atoms with van der Waals surface area (Å²) in [6.45, 7) is 3.38. The van der Waals surface area contributed by atoms with Crippen LogP contribution in [-0.2, 0) is 19.4 Å². The molecule has 0 unspecified atom stereocenters. The van der Waals surface area contributed by atoms with E-state index in [1.54, 1.807) is 26.0 Å². The number of hydrogen-bond acceptors (Lipinski definition) is 2. The van der Waals surface area contributed by atoms with Crippen LogP contribution in [0, 0.1) is 13.8 Å². The zero-order chi connectivity index (χ0) is 20.0. The summed E-state index contributed by atoms with van der Waals surface area (Å²) < 4.78 is 63.6. The minimum Gasteiger partial charge on any atom is -0.304 e. The van der Waals surface area contributed by atoms with E-state index in [1.807, 2.05) is 0 Å². The van der Waals surface area contributed by atoms with Gasteiger partial charge < -0.3 is 9.11 Å². The van der Waals surface area contributed by atoms with E-state index in [-0.39, 0.29) is 20.9 Å². The van der Waals surface area contributed by atoms with E-state index in [9.17, 15) is 26.6 Å². The summed E-state index contributed by atoms with van der Waals surface area (Å²) in [5.74, 6) is 0. The van der Waals surface area contributed by atoms with E-state index < -0.39 is 19.4 Å². The minimum atomic E-state index is -5.49. The van der Waals surface area contributed by atoms with Gasteiger partial charge in [-0.1, -0.05) is 36.4 Å². The van der Waals surface area contributed by atoms with E-state index in [0.29, 0.717) is 11.1 Å². The Bertz CT molecular complexity index is 940. The molecular weight excluding hydrogens is 378 g/mol. The van der Waals surface area contributed by atoms with Gasteiger partial charge in [0, 0.05) is 6.26 Å². The molecule has 0 fully saturated rings. The van der Waals surface area contributed by atoms with Crippen molar-refractivity contribution in [2.24, 2.45) is 5.14 Å². The smallest absolute Gasteiger partial charge is 0.163 e. The highest BCUT2D eigenvalue weighted by molar-refractivity contribution is 8.09. The lowest BCUT2D eigenvalue weighted by Gasteiger charge is -2.28. The van der Waals surface area contributed by atoms with Crippen LogP contribution in [0.15, 0.2) is 46.2 Å². The second-order valence-electron chi connectivity index (χ2n) is 6.57. The van der Waals surface area contributed by atoms with Crippen LogP contribution >= 0.6 is 0 Å². The second kappa shape index (κ2) is 5.89. The molecule has 2 aromatic rings. The first kappa shape index (κ1) is 20.6. The summed E-state index contributed by atoms with van der Waals surface area (Å²) in [7, 11) is -10.5. The van der Waals surface area contributed by atoms with Gasteiger partial charge in [-0.25, -0.2) is 13.6 Å². The van der Waals surface area contributed by atoms with Crippen LogP contribution in [0.25, 0.3) is 12.2 Å². The minimum absolute atomic E-state index is 0.155. The van der Waals surface area contributed by atoms with Gasteiger partial charge in [0.15, 0.2) is 9.81 Å². The summed E-state index contributed by atoms with van der Waals surface area (Å²) in [4.78, 5) is -0.542. The maximum atomic E-state index is 12.2. The molecule has 0 aliphatic carbocycles. The summed E-state index contributed by atoms with van der Waals surface area (Å²) in [5.41, 5.74) is 1.68. The molecule has 6 N–H and O–H groups in total. The molecule has 0 saturated heterocycles. The molecule has 0 radical (unpaired) electrons. The molecule has 9 heteroatoms. The monoisotopic (exact) mass is 401 g/mol. The van der Waals surface area contributed by atoms with Gasteiger partial charge >= 0.3 is 0 Å². The van der Waals surface area contributed by atoms with Crippen molar-refractivity contribution in [2.45, 2.75) is 23.6 Å². The van der Waals surface area contributed by atoms with E-state index in [1.165, 1.54) is 36.4 Å². The van der Waals surface area contributed by atoms with Crippen LogP contribution in [-0.4, -0.2) is 32.9 Å². The lowest BCUT2D eigenvalue weighted by molar-refractivity contribution is 0.390. The van der Waals surface area contributed by atoms with Crippen molar-refractivity contribution in [3.05, 3.63) is 58.7 Å². The zero-order valence-electron chi connectivity index (χ0n) is 14.6. The molecule has 0 amide bonds. The van der Waals surface area contributed by atoms with Crippen LogP contribution in [0.5, 0.6) is 0 Å². The Kier molecular flexibility index (Phi) is 4.67. The summed E-state index contributed by atoms with van der Waals surface area (Å²) >= 11 is 0. The van der Waals surface area contributed by atoms with Gasteiger partial charge in [-0.2, -0.15) is 0 Å². The highest BCUT2D eigenvalue weighted by atomic mass is 32.3. The Labute approximate surface area is 152 Å². The maximum Gasteiger partial charge on any atom is 0.163 e. The van der Waals surface area contributed by atoms with Crippen LogP contribution < -0.4 is 5.14 Å². The molecular formula is C17H23NO6S2. The van der Waals surface area contributed by atoms with Crippen molar-refractivity contribution in [1.29, 1.82) is 0 Å². The molecule has 0 aromatic heterocycles. The lowest BCUT2D eigenvalue weighted by atomic mass is 10.1. The molecule has 0 bridgehead atoms. The molecule has 0 heterocycles. The van der Waals surface area contributed by atoms with Gasteiger partial charge in [-0.15, -0.1) is 0 Å². The summed E-state index contributed by atoms with van der Waals surface area (Å²) in [6.07, 6.45) is 3.59. The first-order valence-electron chi connectivity index (χ1n) is 7.50. The Morgan fingerprint density at radius 2 is 1.19 bits per heavy atom. The second-order valence-corrected chi connectivity index (χ2v) is 11.8. The van der Waals surface area contributed by atoms with Crippen molar-refractivity contribution in [1.82, 2.24) is 0 Å². The van der Waals surface area contributed by atoms with E-state index >= 15 is 0 Å². The Morgan fingerprint density at radius 1 is 0.808 bits per heavy atom. The molecule has 2 aromatic carbocycles. The first-order chi connectivity index (χ1) is 11.5. The lowest BCUT2D eigenvalue weighted by Crippen LogP contribution is -2.41. The van der Waals surface area contributed by atoms with E-state index in [0.717, 1.165) is 6.26 Å². The molecule has 2 rings (SSSR count). The average Bonchev–Trinajstić information content (AvgIpc) is 2.43. The van der Waals surface area contributed by atoms with Crippen LogP contribution in [0.4, 0.5) is 0 Å². The highest BCUT2D eigenvalue weighted by Crippen LogP contribution is 2.32. The molecule has 0 atom stereocenters. The van der Waals surface area contributed by atoms with Gasteiger partial charge in [-0.05, 0) is 48.2 Å². The van der Waals surface area contributed by atoms with E-state index in [4.69, 9.17) is 5.14 Å². The predicted octanol–water partition coefficient (Wildman–Crippen LogP) is 3.23. The zero-order valence-corrected chi connectivity index (χ0v) is 16.3. The molecule has 144 valence electrons. The normalized spacial score (nSPS) is 16.0. The first-order valence-corrected chi connectivity index (χ1v) is 11.7. The van der Waals surface area contributed by atoms with Crippen LogP contribution in [0.3, 0.4) is 0 Å². The highest BCUT2D eigenvalue weighted by Gasteiger charge is 2.30. The quantitative estimate of drug-likeness (QED) is 0.498. The van der Waals surface area contributed by atoms with Crippen molar-refractivity contribution < 1.29 is 26.6 Å². The largest absolute Gasteiger partial charge is 0.304 e. The van der Waals surface area contributed by atoms with Gasteiger partial charge in [0.25, 0.3) is 0 Å². The van der Waals surface area contributed by atoms with E-state index in [2.05, 4.69) is 0 Å². The molecule has 7 nitrogen and oxygen atoms in total. The fraction of sp³-hybridized carbons (Fsp3) is 0.176. The third kappa shape index (κ3) is 4.92. The number of benzene rings is 2. The van der Waals surface area contributed by atoms with Crippen molar-refractivity contribution >= 4 is 31.6 Å². The van der Waals surface area contributed by atoms with Gasteiger partial charge in [0.1, 0.15) is 9.63 Å². The third-order valence-corrected chi connectivity index (χ3v) is 6.25. The van der Waals surface area contributed by atoms with Crippen LogP contribution in [0.2, 0.25) is 0 Å². The topological polar surface area (TPSA) is 141 Å². The fourth-order valence-electron chi connectivity index (χ4n) is 2.48. The molecule has 0 spiro atoms. The van der Waals surface area contributed by atoms with Gasteiger partial charge in [0.2, 0.25) is 0 Å². The standard InChI is InChI=1S/C17H23NO6S2/c1-12-4-6-14(16(10-12)25(3,19,20)21)8-9-15-7-5-13(2)11-17(15)26(18,22,23)24/h4-11H,1-3H3,(H2,19,20,21)(H4,18,22,23,24)/b9-8+. The predicted molar refractivity (Wildman–Crippen MR) is 105 cm³/mol. The summed E-state index contributed by atoms with van der Waals surface area (Å²) in [6, 6.07) is 9.04. The summed E-state index contributed by atoms with van der Waals surface area (Å²) in [5, 5.41) is 5.18. The Morgan fingerprint density at radius 3 is 1.58 bits per heavy atom. The van der Waals surface area contributed by atoms with Crippen LogP contribution in [0.1, 0.15) is 22.3 Å². The van der Waals surface area contributed by atoms with Crippen molar-refractivity contribution in [2.75, 3.05) is 6.26 Å². The molecule has 0 aliphatic heterocycles. The van der Waals surface area contributed by atoms with Gasteiger partial charge in [0.05, 0.1) is 9.79 Å². The molecule has 0 aliphatic rings. The maximum absolute atomic E-state index is 12.2. The number of nitrogens with two attached hydrogens (primary N) is 1.